The van der Waals surface area contributed by atoms with Crippen LogP contribution in [0.15, 0.2) is 30.3 Å². The molecule has 0 bridgehead atoms. The van der Waals surface area contributed by atoms with Crippen molar-refractivity contribution in [3.8, 4) is 0 Å². The van der Waals surface area contributed by atoms with E-state index in [0.29, 0.717) is 18.4 Å². The Hall–Kier alpha value is -2.91. The number of hydrogen-bond acceptors (Lipinski definition) is 7. The van der Waals surface area contributed by atoms with Gasteiger partial charge in [-0.2, -0.15) is 0 Å². The summed E-state index contributed by atoms with van der Waals surface area (Å²) in [5, 5.41) is 13.4. The molecule has 1 aliphatic heterocycles. The molecule has 2 amide bonds. The van der Waals surface area contributed by atoms with E-state index in [1.807, 2.05) is 13.0 Å². The van der Waals surface area contributed by atoms with Crippen LogP contribution in [0, 0.1) is 5.92 Å². The Kier molecular flexibility index (Phi) is 10.7. The fourth-order valence-electron chi connectivity index (χ4n) is 4.39. The second kappa shape index (κ2) is 13.3. The van der Waals surface area contributed by atoms with Crippen molar-refractivity contribution in [1.82, 2.24) is 15.1 Å². The third-order valence-electron chi connectivity index (χ3n) is 6.37. The number of nitrogens with one attached hydrogen (secondary N) is 1. The molecule has 1 aromatic carbocycles. The van der Waals surface area contributed by atoms with Crippen molar-refractivity contribution in [3.63, 3.8) is 0 Å². The van der Waals surface area contributed by atoms with E-state index in [9.17, 15) is 29.1 Å². The summed E-state index contributed by atoms with van der Waals surface area (Å²) in [5.41, 5.74) is 0.628. The van der Waals surface area contributed by atoms with Gasteiger partial charge < -0.3 is 15.3 Å². The number of benzene rings is 1. The summed E-state index contributed by atoms with van der Waals surface area (Å²) in [4.78, 5) is 65.4. The molecule has 2 N–H and O–H groups in total. The first kappa shape index (κ1) is 28.3. The Bertz CT molecular complexity index is 917. The van der Waals surface area contributed by atoms with Crippen LogP contribution in [0.4, 0.5) is 0 Å². The molecule has 9 nitrogen and oxygen atoms in total. The maximum absolute atomic E-state index is 12.7. The van der Waals surface area contributed by atoms with Crippen LogP contribution in [0.25, 0.3) is 0 Å². The zero-order valence-electron chi connectivity index (χ0n) is 21.0. The average molecular weight is 488 g/mol. The van der Waals surface area contributed by atoms with E-state index in [-0.39, 0.29) is 49.7 Å². The van der Waals surface area contributed by atoms with Gasteiger partial charge in [-0.15, -0.1) is 0 Å². The molecule has 1 heterocycles. The topological polar surface area (TPSA) is 124 Å². The molecule has 2 unspecified atom stereocenters. The van der Waals surface area contributed by atoms with Gasteiger partial charge in [-0.1, -0.05) is 43.7 Å². The van der Waals surface area contributed by atoms with Crippen molar-refractivity contribution in [3.05, 3.63) is 35.9 Å². The van der Waals surface area contributed by atoms with Gasteiger partial charge in [-0.3, -0.25) is 28.9 Å². The van der Waals surface area contributed by atoms with E-state index in [4.69, 9.17) is 0 Å². The smallest absolute Gasteiger partial charge is 0.249 e. The fraction of sp³-hybridized carbons (Fsp3) is 0.577. The largest absolute Gasteiger partial charge is 0.385 e. The summed E-state index contributed by atoms with van der Waals surface area (Å²) in [7, 11) is 4.91. The van der Waals surface area contributed by atoms with Crippen molar-refractivity contribution < 1.29 is 29.1 Å². The van der Waals surface area contributed by atoms with Crippen LogP contribution < -0.4 is 5.32 Å². The highest BCUT2D eigenvalue weighted by Gasteiger charge is 2.36. The van der Waals surface area contributed by atoms with Gasteiger partial charge in [-0.05, 0) is 24.9 Å². The Morgan fingerprint density at radius 3 is 2.34 bits per heavy atom. The van der Waals surface area contributed by atoms with Crippen LogP contribution in [0.1, 0.15) is 57.1 Å². The molecule has 0 aliphatic carbocycles. The summed E-state index contributed by atoms with van der Waals surface area (Å²) in [6, 6.07) is 7.43. The molecule has 9 heteroatoms. The van der Waals surface area contributed by atoms with E-state index >= 15 is 0 Å². The first-order chi connectivity index (χ1) is 16.5. The number of Topliss-reactive ketones (excluding diaryl/α,β-unsaturated/α-hetero) is 3. The number of likely N-dealkylation sites (N-methyl/N-ethyl adjacent to an activating group) is 2. The Balaban J connectivity index is 1.96. The number of carbonyl (C=O) groups is 5. The molecule has 1 aromatic rings. The number of nitrogens with zero attached hydrogens (tertiary/aromatic N) is 2. The standard InChI is InChI=1S/C26H37N3O6/c1-5-9-18(14-22(32)20-15-19(30)16-29(20)4)25(34)21(31)12-13-23(33)27-24(26(35)28(2)3)17-10-7-6-8-11-17/h6-8,10-11,18,20,24-25,34H,5,9,12-16H2,1-4H3,(H,27,33)/t18?,20-,24-,25?/m0/s1. The third-order valence-corrected chi connectivity index (χ3v) is 6.37. The molecule has 35 heavy (non-hydrogen) atoms. The first-order valence-corrected chi connectivity index (χ1v) is 12.1. The van der Waals surface area contributed by atoms with Gasteiger partial charge in [0.1, 0.15) is 17.9 Å². The van der Waals surface area contributed by atoms with Crippen molar-refractivity contribution in [2.24, 2.45) is 5.92 Å². The number of likely N-dealkylation sites (tertiary alicyclic amines) is 1. The van der Waals surface area contributed by atoms with E-state index in [1.165, 1.54) is 4.90 Å². The molecule has 192 valence electrons. The Morgan fingerprint density at radius 2 is 1.80 bits per heavy atom. The lowest BCUT2D eigenvalue weighted by molar-refractivity contribution is -0.136. The van der Waals surface area contributed by atoms with Gasteiger partial charge in [0, 0.05) is 39.8 Å². The summed E-state index contributed by atoms with van der Waals surface area (Å²) in [6.45, 7) is 2.13. The van der Waals surface area contributed by atoms with Gasteiger partial charge in [-0.25, -0.2) is 0 Å². The van der Waals surface area contributed by atoms with Gasteiger partial charge in [0.05, 0.1) is 12.6 Å². The molecular formula is C26H37N3O6. The van der Waals surface area contributed by atoms with Crippen LogP contribution in [-0.2, 0) is 24.0 Å². The second-order valence-corrected chi connectivity index (χ2v) is 9.45. The highest BCUT2D eigenvalue weighted by Crippen LogP contribution is 2.23. The summed E-state index contributed by atoms with van der Waals surface area (Å²) >= 11 is 0. The van der Waals surface area contributed by atoms with Gasteiger partial charge in [0.15, 0.2) is 11.6 Å². The molecular weight excluding hydrogens is 450 g/mol. The first-order valence-electron chi connectivity index (χ1n) is 12.1. The SMILES string of the molecule is CCCC(CC(=O)[C@@H]1CC(=O)CN1C)C(O)C(=O)CCC(=O)N[C@H](C(=O)N(C)C)c1ccccc1. The molecule has 0 saturated carbocycles. The van der Waals surface area contributed by atoms with E-state index in [0.717, 1.165) is 0 Å². The van der Waals surface area contributed by atoms with Crippen LogP contribution in [0.2, 0.25) is 0 Å². The monoisotopic (exact) mass is 487 g/mol. The lowest BCUT2D eigenvalue weighted by Gasteiger charge is -2.24. The van der Waals surface area contributed by atoms with Crippen LogP contribution in [0.3, 0.4) is 0 Å². The lowest BCUT2D eigenvalue weighted by Crippen LogP contribution is -2.40. The van der Waals surface area contributed by atoms with E-state index in [1.54, 1.807) is 50.3 Å². The molecule has 2 rings (SSSR count). The highest BCUT2D eigenvalue weighted by molar-refractivity contribution is 5.95. The lowest BCUT2D eigenvalue weighted by atomic mass is 9.86. The number of rotatable bonds is 13. The number of hydrogen-bond donors (Lipinski definition) is 2. The van der Waals surface area contributed by atoms with E-state index in [2.05, 4.69) is 5.32 Å². The molecule has 0 aromatic heterocycles. The highest BCUT2D eigenvalue weighted by atomic mass is 16.3. The molecule has 4 atom stereocenters. The average Bonchev–Trinajstić information content (AvgIpc) is 3.18. The van der Waals surface area contributed by atoms with Gasteiger partial charge in [0.25, 0.3) is 0 Å². The predicted octanol–water partition coefficient (Wildman–Crippen LogP) is 1.29. The molecule has 0 radical (unpaired) electrons. The normalized spacial score (nSPS) is 18.5. The van der Waals surface area contributed by atoms with Crippen LogP contribution in [0.5, 0.6) is 0 Å². The number of carbonyl (C=O) groups excluding carboxylic acids is 5. The maximum atomic E-state index is 12.7. The summed E-state index contributed by atoms with van der Waals surface area (Å²) in [5.74, 6) is -2.02. The van der Waals surface area contributed by atoms with Crippen LogP contribution in [-0.4, -0.2) is 83.9 Å². The number of aliphatic hydroxyl groups is 1. The fourth-order valence-corrected chi connectivity index (χ4v) is 4.39. The van der Waals surface area contributed by atoms with Crippen molar-refractivity contribution >= 4 is 29.2 Å². The minimum atomic E-state index is -1.37. The van der Waals surface area contributed by atoms with Crippen molar-refractivity contribution in [2.45, 2.75) is 63.6 Å². The number of aliphatic hydroxyl groups excluding tert-OH is 1. The minimum absolute atomic E-state index is 0.00193. The zero-order valence-corrected chi connectivity index (χ0v) is 21.0. The molecule has 1 fully saturated rings. The van der Waals surface area contributed by atoms with Crippen LogP contribution >= 0.6 is 0 Å². The summed E-state index contributed by atoms with van der Waals surface area (Å²) in [6.07, 6.45) is -0.457. The third kappa shape index (κ3) is 8.07. The Morgan fingerprint density at radius 1 is 1.14 bits per heavy atom. The zero-order chi connectivity index (χ0) is 26.1. The predicted molar refractivity (Wildman–Crippen MR) is 130 cm³/mol. The van der Waals surface area contributed by atoms with Crippen molar-refractivity contribution in [1.29, 1.82) is 0 Å². The number of amides is 2. The summed E-state index contributed by atoms with van der Waals surface area (Å²) < 4.78 is 0. The van der Waals surface area contributed by atoms with Gasteiger partial charge in [0.2, 0.25) is 11.8 Å². The van der Waals surface area contributed by atoms with E-state index < -0.39 is 35.8 Å². The molecule has 0 spiro atoms. The Labute approximate surface area is 206 Å². The maximum Gasteiger partial charge on any atom is 0.249 e. The molecule has 1 saturated heterocycles. The second-order valence-electron chi connectivity index (χ2n) is 9.45. The quantitative estimate of drug-likeness (QED) is 0.430. The number of ketones is 3. The molecule has 1 aliphatic rings. The van der Waals surface area contributed by atoms with Gasteiger partial charge >= 0.3 is 0 Å². The minimum Gasteiger partial charge on any atom is -0.385 e. The van der Waals surface area contributed by atoms with Crippen molar-refractivity contribution in [2.75, 3.05) is 27.7 Å².